The molecule has 5 rings (SSSR count). The maximum Gasteiger partial charge on any atom is 0.230 e. The average Bonchev–Trinajstić information content (AvgIpc) is 2.84. The van der Waals surface area contributed by atoms with Gasteiger partial charge < -0.3 is 9.84 Å². The van der Waals surface area contributed by atoms with Gasteiger partial charge in [0, 0.05) is 17.9 Å². The van der Waals surface area contributed by atoms with E-state index in [0.29, 0.717) is 11.2 Å². The molecule has 1 amide bonds. The molecule has 4 bridgehead atoms. The van der Waals surface area contributed by atoms with E-state index in [1.54, 1.807) is 11.8 Å². The van der Waals surface area contributed by atoms with E-state index in [9.17, 15) is 4.79 Å². The van der Waals surface area contributed by atoms with Gasteiger partial charge in [0.1, 0.15) is 5.76 Å². The van der Waals surface area contributed by atoms with Crippen molar-refractivity contribution in [3.05, 3.63) is 17.0 Å². The largest absolute Gasteiger partial charge is 0.361 e. The summed E-state index contributed by atoms with van der Waals surface area (Å²) in [5.74, 6) is 5.21. The van der Waals surface area contributed by atoms with Gasteiger partial charge in [0.2, 0.25) is 5.91 Å². The molecule has 4 nitrogen and oxygen atoms in total. The van der Waals surface area contributed by atoms with Crippen molar-refractivity contribution in [2.24, 2.45) is 23.2 Å². The van der Waals surface area contributed by atoms with E-state index < -0.39 is 0 Å². The van der Waals surface area contributed by atoms with E-state index in [1.807, 2.05) is 13.8 Å². The molecule has 4 saturated carbocycles. The minimum absolute atomic E-state index is 0.183. The monoisotopic (exact) mass is 348 g/mol. The molecule has 0 radical (unpaired) electrons. The molecule has 0 aliphatic heterocycles. The second-order valence-electron chi connectivity index (χ2n) is 8.49. The molecule has 1 N–H and O–H groups in total. The Morgan fingerprint density at radius 3 is 2.38 bits per heavy atom. The zero-order valence-electron chi connectivity index (χ0n) is 14.8. The summed E-state index contributed by atoms with van der Waals surface area (Å²) in [4.78, 5) is 12.3. The standard InChI is InChI=1S/C19H28N2O2S/c1-12-17(13(2)23-21-12)9-24-10-18(22)20-11-19-6-14-3-15(7-19)5-16(4-14)8-19/h14-16H,3-11H2,1-2H3,(H,20,22). The quantitative estimate of drug-likeness (QED) is 0.848. The minimum atomic E-state index is 0.183. The van der Waals surface area contributed by atoms with Crippen molar-refractivity contribution >= 4 is 17.7 Å². The fraction of sp³-hybridized carbons (Fsp3) is 0.789. The molecule has 0 spiro atoms. The van der Waals surface area contributed by atoms with Gasteiger partial charge in [0.15, 0.2) is 0 Å². The van der Waals surface area contributed by atoms with Gasteiger partial charge >= 0.3 is 0 Å². The van der Waals surface area contributed by atoms with E-state index >= 15 is 0 Å². The number of hydrogen-bond donors (Lipinski definition) is 1. The third-order valence-corrected chi connectivity index (χ3v) is 7.45. The van der Waals surface area contributed by atoms with Crippen LogP contribution in [-0.4, -0.2) is 23.4 Å². The first-order valence-corrected chi connectivity index (χ1v) is 10.4. The molecule has 1 aromatic heterocycles. The number of thioether (sulfide) groups is 1. The second kappa shape index (κ2) is 6.40. The number of hydrogen-bond acceptors (Lipinski definition) is 4. The SMILES string of the molecule is Cc1noc(C)c1CSCC(=O)NCC12CC3CC(CC(C3)C1)C2. The highest BCUT2D eigenvalue weighted by Gasteiger charge is 2.50. The Hall–Kier alpha value is -0.970. The molecule has 4 fully saturated rings. The Balaban J connectivity index is 1.24. The maximum absolute atomic E-state index is 12.3. The van der Waals surface area contributed by atoms with Gasteiger partial charge in [0.25, 0.3) is 0 Å². The summed E-state index contributed by atoms with van der Waals surface area (Å²) in [6.45, 7) is 4.80. The lowest BCUT2D eigenvalue weighted by Gasteiger charge is -2.56. The van der Waals surface area contributed by atoms with Gasteiger partial charge in [-0.2, -0.15) is 0 Å². The highest BCUT2D eigenvalue weighted by Crippen LogP contribution is 2.59. The average molecular weight is 349 g/mol. The van der Waals surface area contributed by atoms with Gasteiger partial charge in [-0.1, -0.05) is 5.16 Å². The molecule has 0 aromatic carbocycles. The summed E-state index contributed by atoms with van der Waals surface area (Å²) in [5, 5.41) is 7.22. The van der Waals surface area contributed by atoms with E-state index in [2.05, 4.69) is 10.5 Å². The Bertz CT molecular complexity index is 570. The topological polar surface area (TPSA) is 55.1 Å². The Morgan fingerprint density at radius 2 is 1.83 bits per heavy atom. The number of carbonyl (C=O) groups excluding carboxylic acids is 1. The van der Waals surface area contributed by atoms with Crippen molar-refractivity contribution in [1.82, 2.24) is 10.5 Å². The lowest BCUT2D eigenvalue weighted by molar-refractivity contribution is -0.120. The number of aromatic nitrogens is 1. The van der Waals surface area contributed by atoms with Gasteiger partial charge in [-0.05, 0) is 75.5 Å². The van der Waals surface area contributed by atoms with Gasteiger partial charge in [-0.25, -0.2) is 0 Å². The first-order valence-electron chi connectivity index (χ1n) is 9.29. The molecular formula is C19H28N2O2S. The van der Waals surface area contributed by atoms with Crippen LogP contribution in [-0.2, 0) is 10.5 Å². The van der Waals surface area contributed by atoms with Crippen LogP contribution in [0.2, 0.25) is 0 Å². The molecule has 5 heteroatoms. The van der Waals surface area contributed by atoms with Crippen LogP contribution in [0.3, 0.4) is 0 Å². The maximum atomic E-state index is 12.3. The number of nitrogens with zero attached hydrogens (tertiary/aromatic N) is 1. The predicted octanol–water partition coefficient (Wildman–Crippen LogP) is 3.86. The van der Waals surface area contributed by atoms with Crippen LogP contribution in [0, 0.1) is 37.0 Å². The van der Waals surface area contributed by atoms with Crippen LogP contribution in [0.4, 0.5) is 0 Å². The van der Waals surface area contributed by atoms with Crippen LogP contribution in [0.25, 0.3) is 0 Å². The van der Waals surface area contributed by atoms with E-state index in [-0.39, 0.29) is 5.91 Å². The summed E-state index contributed by atoms with van der Waals surface area (Å²) in [7, 11) is 0. The Morgan fingerprint density at radius 1 is 1.21 bits per heavy atom. The minimum Gasteiger partial charge on any atom is -0.361 e. The first kappa shape index (κ1) is 16.5. The van der Waals surface area contributed by atoms with Crippen molar-refractivity contribution in [2.75, 3.05) is 12.3 Å². The van der Waals surface area contributed by atoms with Crippen LogP contribution in [0.5, 0.6) is 0 Å². The number of nitrogens with one attached hydrogen (secondary N) is 1. The van der Waals surface area contributed by atoms with Crippen LogP contribution >= 0.6 is 11.8 Å². The van der Waals surface area contributed by atoms with Crippen molar-refractivity contribution < 1.29 is 9.32 Å². The summed E-state index contributed by atoms with van der Waals surface area (Å²) in [5.41, 5.74) is 2.50. The molecule has 1 aromatic rings. The molecule has 1 heterocycles. The predicted molar refractivity (Wildman–Crippen MR) is 95.8 cm³/mol. The summed E-state index contributed by atoms with van der Waals surface area (Å²) in [6, 6.07) is 0. The van der Waals surface area contributed by atoms with Crippen molar-refractivity contribution in [3.8, 4) is 0 Å². The molecule has 4 aliphatic carbocycles. The van der Waals surface area contributed by atoms with Crippen LogP contribution in [0.1, 0.15) is 55.5 Å². The fourth-order valence-corrected chi connectivity index (χ4v) is 6.80. The van der Waals surface area contributed by atoms with Gasteiger partial charge in [-0.15, -0.1) is 11.8 Å². The van der Waals surface area contributed by atoms with E-state index in [0.717, 1.165) is 47.1 Å². The fourth-order valence-electron chi connectivity index (χ4n) is 5.80. The summed E-state index contributed by atoms with van der Waals surface area (Å²) >= 11 is 1.65. The third-order valence-electron chi connectivity index (χ3n) is 6.49. The van der Waals surface area contributed by atoms with Gasteiger partial charge in [-0.3, -0.25) is 4.79 Å². The molecule has 0 unspecified atom stereocenters. The number of amides is 1. The highest BCUT2D eigenvalue weighted by atomic mass is 32.2. The molecular weight excluding hydrogens is 320 g/mol. The zero-order valence-corrected chi connectivity index (χ0v) is 15.6. The zero-order chi connectivity index (χ0) is 16.7. The van der Waals surface area contributed by atoms with Gasteiger partial charge in [0.05, 0.1) is 11.4 Å². The number of aryl methyl sites for hydroxylation is 2. The molecule has 0 saturated heterocycles. The van der Waals surface area contributed by atoms with Crippen molar-refractivity contribution in [2.45, 2.75) is 58.1 Å². The van der Waals surface area contributed by atoms with E-state index in [1.165, 1.54) is 38.5 Å². The molecule has 4 aliphatic rings. The highest BCUT2D eigenvalue weighted by molar-refractivity contribution is 7.99. The smallest absolute Gasteiger partial charge is 0.230 e. The number of carbonyl (C=O) groups is 1. The summed E-state index contributed by atoms with van der Waals surface area (Å²) < 4.78 is 5.17. The Kier molecular flexibility index (Phi) is 4.40. The lowest BCUT2D eigenvalue weighted by atomic mass is 9.49. The molecule has 0 atom stereocenters. The molecule has 132 valence electrons. The second-order valence-corrected chi connectivity index (χ2v) is 9.48. The molecule has 24 heavy (non-hydrogen) atoms. The van der Waals surface area contributed by atoms with Crippen molar-refractivity contribution in [3.63, 3.8) is 0 Å². The lowest BCUT2D eigenvalue weighted by Crippen LogP contribution is -2.51. The summed E-state index contributed by atoms with van der Waals surface area (Å²) in [6.07, 6.45) is 8.43. The van der Waals surface area contributed by atoms with Crippen LogP contribution in [0.15, 0.2) is 4.52 Å². The number of rotatable bonds is 6. The normalized spacial score (nSPS) is 33.8. The first-order chi connectivity index (χ1) is 11.5. The van der Waals surface area contributed by atoms with Crippen molar-refractivity contribution in [1.29, 1.82) is 0 Å². The third kappa shape index (κ3) is 3.24. The Labute approximate surface area is 148 Å². The van der Waals surface area contributed by atoms with E-state index in [4.69, 9.17) is 4.52 Å². The van der Waals surface area contributed by atoms with Crippen LogP contribution < -0.4 is 5.32 Å².